The van der Waals surface area contributed by atoms with Crippen LogP contribution in [-0.2, 0) is 20.7 Å². The van der Waals surface area contributed by atoms with Gasteiger partial charge in [0.15, 0.2) is 0 Å². The van der Waals surface area contributed by atoms with Crippen molar-refractivity contribution >= 4 is 11.9 Å². The van der Waals surface area contributed by atoms with E-state index in [1.165, 1.54) is 19.2 Å². The predicted molar refractivity (Wildman–Crippen MR) is 64.2 cm³/mol. The second-order valence-electron chi connectivity index (χ2n) is 3.62. The second kappa shape index (κ2) is 6.54. The zero-order valence-electron chi connectivity index (χ0n) is 9.98. The number of rotatable bonds is 5. The number of hydrogen-bond acceptors (Lipinski definition) is 3. The van der Waals surface area contributed by atoms with Crippen molar-refractivity contribution in [1.82, 2.24) is 5.32 Å². The molecule has 96 valence electrons. The highest BCUT2D eigenvalue weighted by molar-refractivity contribution is 5.91. The van der Waals surface area contributed by atoms with Crippen LogP contribution < -0.4 is 5.32 Å². The Bertz CT molecular complexity index is 442. The quantitative estimate of drug-likeness (QED) is 0.632. The normalized spacial score (nSPS) is 11.4. The first kappa shape index (κ1) is 13.9. The van der Waals surface area contributed by atoms with Crippen LogP contribution in [0.3, 0.4) is 0 Å². The van der Waals surface area contributed by atoms with Gasteiger partial charge in [0.2, 0.25) is 5.91 Å². The Morgan fingerprint density at radius 1 is 1.44 bits per heavy atom. The Kier molecular flexibility index (Phi) is 5.05. The molecule has 0 heterocycles. The second-order valence-corrected chi connectivity index (χ2v) is 3.62. The third-order valence-electron chi connectivity index (χ3n) is 2.34. The third kappa shape index (κ3) is 4.01. The number of carbonyl (C=O) groups is 2. The van der Waals surface area contributed by atoms with Crippen molar-refractivity contribution in [2.24, 2.45) is 0 Å². The van der Waals surface area contributed by atoms with Gasteiger partial charge in [-0.1, -0.05) is 18.7 Å². The van der Waals surface area contributed by atoms with Crippen LogP contribution in [0.15, 0.2) is 36.9 Å². The molecule has 0 unspecified atom stereocenters. The number of benzene rings is 1. The van der Waals surface area contributed by atoms with Crippen LogP contribution in [0.1, 0.15) is 5.56 Å². The SMILES string of the molecule is C=CC(=O)N[C@H](Cc1ccc(F)cc1)C(=O)OC. The van der Waals surface area contributed by atoms with Gasteiger partial charge in [-0.05, 0) is 23.8 Å². The van der Waals surface area contributed by atoms with Crippen LogP contribution in [-0.4, -0.2) is 25.0 Å². The summed E-state index contributed by atoms with van der Waals surface area (Å²) in [4.78, 5) is 22.7. The van der Waals surface area contributed by atoms with Gasteiger partial charge in [-0.25, -0.2) is 9.18 Å². The summed E-state index contributed by atoms with van der Waals surface area (Å²) >= 11 is 0. The van der Waals surface area contributed by atoms with E-state index in [0.717, 1.165) is 11.6 Å². The van der Waals surface area contributed by atoms with E-state index in [0.29, 0.717) is 0 Å². The molecule has 0 spiro atoms. The van der Waals surface area contributed by atoms with Gasteiger partial charge in [-0.3, -0.25) is 4.79 Å². The first-order valence-corrected chi connectivity index (χ1v) is 5.32. The van der Waals surface area contributed by atoms with Crippen LogP contribution in [0.25, 0.3) is 0 Å². The van der Waals surface area contributed by atoms with E-state index in [9.17, 15) is 14.0 Å². The van der Waals surface area contributed by atoms with E-state index < -0.39 is 17.9 Å². The molecule has 1 atom stereocenters. The monoisotopic (exact) mass is 251 g/mol. The number of amides is 1. The number of hydrogen-bond donors (Lipinski definition) is 1. The highest BCUT2D eigenvalue weighted by Gasteiger charge is 2.20. The summed E-state index contributed by atoms with van der Waals surface area (Å²) in [6.07, 6.45) is 1.30. The molecule has 0 aliphatic carbocycles. The van der Waals surface area contributed by atoms with Crippen molar-refractivity contribution < 1.29 is 18.7 Å². The summed E-state index contributed by atoms with van der Waals surface area (Å²) < 4.78 is 17.3. The minimum absolute atomic E-state index is 0.229. The summed E-state index contributed by atoms with van der Waals surface area (Å²) in [5, 5.41) is 2.46. The zero-order valence-corrected chi connectivity index (χ0v) is 9.98. The number of esters is 1. The molecule has 0 aliphatic rings. The summed E-state index contributed by atoms with van der Waals surface area (Å²) in [6, 6.07) is 4.86. The Morgan fingerprint density at radius 3 is 2.56 bits per heavy atom. The van der Waals surface area contributed by atoms with Crippen molar-refractivity contribution in [3.63, 3.8) is 0 Å². The molecule has 18 heavy (non-hydrogen) atoms. The minimum atomic E-state index is -0.814. The molecule has 1 aromatic rings. The molecule has 1 amide bonds. The largest absolute Gasteiger partial charge is 0.467 e. The minimum Gasteiger partial charge on any atom is -0.467 e. The van der Waals surface area contributed by atoms with Crippen LogP contribution in [0.5, 0.6) is 0 Å². The van der Waals surface area contributed by atoms with Crippen LogP contribution in [0, 0.1) is 5.82 Å². The van der Waals surface area contributed by atoms with Gasteiger partial charge in [-0.15, -0.1) is 0 Å². The summed E-state index contributed by atoms with van der Waals surface area (Å²) in [5.41, 5.74) is 0.719. The van der Waals surface area contributed by atoms with Crippen molar-refractivity contribution in [2.75, 3.05) is 7.11 Å². The molecule has 4 nitrogen and oxygen atoms in total. The molecule has 0 radical (unpaired) electrons. The molecule has 0 bridgehead atoms. The van der Waals surface area contributed by atoms with Crippen molar-refractivity contribution in [3.05, 3.63) is 48.3 Å². The standard InChI is InChI=1S/C13H14FNO3/c1-3-12(16)15-11(13(17)18-2)8-9-4-6-10(14)7-5-9/h3-7,11H,1,8H2,2H3,(H,15,16)/t11-/m1/s1. The fourth-order valence-corrected chi connectivity index (χ4v) is 1.42. The predicted octanol–water partition coefficient (Wildman–Crippen LogP) is 1.21. The molecule has 0 saturated heterocycles. The lowest BCUT2D eigenvalue weighted by atomic mass is 10.1. The molecule has 0 fully saturated rings. The molecule has 0 aromatic heterocycles. The average Bonchev–Trinajstić information content (AvgIpc) is 2.39. The smallest absolute Gasteiger partial charge is 0.328 e. The summed E-state index contributed by atoms with van der Waals surface area (Å²) in [5.74, 6) is -1.38. The molecule has 1 rings (SSSR count). The van der Waals surface area contributed by atoms with Gasteiger partial charge in [0.05, 0.1) is 7.11 Å². The van der Waals surface area contributed by atoms with E-state index in [2.05, 4.69) is 16.6 Å². The van der Waals surface area contributed by atoms with Gasteiger partial charge in [0.1, 0.15) is 11.9 Å². The molecule has 1 N–H and O–H groups in total. The Morgan fingerprint density at radius 2 is 2.06 bits per heavy atom. The van der Waals surface area contributed by atoms with Gasteiger partial charge in [0, 0.05) is 6.42 Å². The summed E-state index contributed by atoms with van der Waals surface area (Å²) in [7, 11) is 1.24. The van der Waals surface area contributed by atoms with Crippen LogP contribution >= 0.6 is 0 Å². The fraction of sp³-hybridized carbons (Fsp3) is 0.231. The first-order chi connectivity index (χ1) is 8.56. The maximum absolute atomic E-state index is 12.7. The molecule has 1 aromatic carbocycles. The van der Waals surface area contributed by atoms with Gasteiger partial charge in [-0.2, -0.15) is 0 Å². The van der Waals surface area contributed by atoms with Gasteiger partial charge >= 0.3 is 5.97 Å². The Balaban J connectivity index is 2.77. The average molecular weight is 251 g/mol. The maximum Gasteiger partial charge on any atom is 0.328 e. The molecular weight excluding hydrogens is 237 g/mol. The number of ether oxygens (including phenoxy) is 1. The third-order valence-corrected chi connectivity index (χ3v) is 2.34. The van der Waals surface area contributed by atoms with Crippen molar-refractivity contribution in [2.45, 2.75) is 12.5 Å². The topological polar surface area (TPSA) is 55.4 Å². The van der Waals surface area contributed by atoms with Gasteiger partial charge in [0.25, 0.3) is 0 Å². The van der Waals surface area contributed by atoms with Crippen LogP contribution in [0.2, 0.25) is 0 Å². The maximum atomic E-state index is 12.7. The number of halogens is 1. The van der Waals surface area contributed by atoms with E-state index in [4.69, 9.17) is 0 Å². The Hall–Kier alpha value is -2.17. The molecule has 0 aliphatic heterocycles. The summed E-state index contributed by atoms with van der Waals surface area (Å²) in [6.45, 7) is 3.30. The van der Waals surface area contributed by atoms with Crippen molar-refractivity contribution in [1.29, 1.82) is 0 Å². The molecule has 0 saturated carbocycles. The van der Waals surface area contributed by atoms with E-state index in [-0.39, 0.29) is 12.2 Å². The highest BCUT2D eigenvalue weighted by atomic mass is 19.1. The van der Waals surface area contributed by atoms with E-state index in [1.807, 2.05) is 0 Å². The van der Waals surface area contributed by atoms with E-state index in [1.54, 1.807) is 12.1 Å². The molecular formula is C13H14FNO3. The Labute approximate surface area is 104 Å². The molecule has 5 heteroatoms. The van der Waals surface area contributed by atoms with Crippen molar-refractivity contribution in [3.8, 4) is 0 Å². The number of methoxy groups -OCH3 is 1. The first-order valence-electron chi connectivity index (χ1n) is 5.32. The lowest BCUT2D eigenvalue weighted by Crippen LogP contribution is -2.42. The number of nitrogens with one attached hydrogen (secondary N) is 1. The van der Waals surface area contributed by atoms with Gasteiger partial charge < -0.3 is 10.1 Å². The fourth-order valence-electron chi connectivity index (χ4n) is 1.42. The lowest BCUT2D eigenvalue weighted by Gasteiger charge is -2.15. The lowest BCUT2D eigenvalue weighted by molar-refractivity contribution is -0.144. The van der Waals surface area contributed by atoms with Crippen LogP contribution in [0.4, 0.5) is 4.39 Å². The zero-order chi connectivity index (χ0) is 13.5. The highest BCUT2D eigenvalue weighted by Crippen LogP contribution is 2.07. The van der Waals surface area contributed by atoms with E-state index >= 15 is 0 Å². The number of carbonyl (C=O) groups excluding carboxylic acids is 2.